The van der Waals surface area contributed by atoms with Crippen LogP contribution in [0.15, 0.2) is 24.6 Å². The summed E-state index contributed by atoms with van der Waals surface area (Å²) < 4.78 is 27.9. The number of fused-ring (bicyclic) bond motifs is 1. The molecule has 0 unspecified atom stereocenters. The fourth-order valence-electron chi connectivity index (χ4n) is 2.32. The van der Waals surface area contributed by atoms with Crippen LogP contribution < -0.4 is 0 Å². The highest BCUT2D eigenvalue weighted by Gasteiger charge is 2.39. The molecule has 25 heavy (non-hydrogen) atoms. The maximum absolute atomic E-state index is 14.5. The van der Waals surface area contributed by atoms with Gasteiger partial charge >= 0.3 is 0 Å². The molecule has 0 bridgehead atoms. The van der Waals surface area contributed by atoms with Crippen LogP contribution in [0.3, 0.4) is 0 Å². The van der Waals surface area contributed by atoms with Crippen molar-refractivity contribution in [2.24, 2.45) is 0 Å². The van der Waals surface area contributed by atoms with Crippen molar-refractivity contribution in [2.45, 2.75) is 51.2 Å². The van der Waals surface area contributed by atoms with Gasteiger partial charge in [-0.25, -0.2) is 19.3 Å². The van der Waals surface area contributed by atoms with Crippen LogP contribution in [0.2, 0.25) is 23.3 Å². The second kappa shape index (κ2) is 6.42. The molecule has 0 saturated heterocycles. The number of hydrogen-bond acceptors (Lipinski definition) is 5. The Balaban J connectivity index is 1.75. The standard InChI is InChI=1S/C16H22ClFN4O2Si/c1-16(2,3)25(4,5)23-7-10-6-11(18)15(24-10)22-9-21-12-13(17)19-8-20-14(12)22/h6,8-10,15H,7H2,1-5H3/t10-,15-/m0/s1. The van der Waals surface area contributed by atoms with Gasteiger partial charge in [0.05, 0.1) is 12.9 Å². The van der Waals surface area contributed by atoms with Gasteiger partial charge in [0.25, 0.3) is 0 Å². The Labute approximate surface area is 152 Å². The monoisotopic (exact) mass is 384 g/mol. The van der Waals surface area contributed by atoms with Gasteiger partial charge < -0.3 is 9.16 Å². The van der Waals surface area contributed by atoms with E-state index in [1.54, 1.807) is 0 Å². The van der Waals surface area contributed by atoms with E-state index in [0.717, 1.165) is 0 Å². The molecule has 1 aliphatic heterocycles. The highest BCUT2D eigenvalue weighted by Crippen LogP contribution is 2.38. The van der Waals surface area contributed by atoms with E-state index in [1.165, 1.54) is 23.3 Å². The van der Waals surface area contributed by atoms with E-state index in [2.05, 4.69) is 48.8 Å². The number of imidazole rings is 1. The number of nitrogens with zero attached hydrogens (tertiary/aromatic N) is 4. The second-order valence-electron chi connectivity index (χ2n) is 7.64. The lowest BCUT2D eigenvalue weighted by molar-refractivity contribution is -0.0150. The Morgan fingerprint density at radius 1 is 1.32 bits per heavy atom. The maximum atomic E-state index is 14.5. The first-order valence-corrected chi connectivity index (χ1v) is 11.4. The van der Waals surface area contributed by atoms with Crippen molar-refractivity contribution in [1.29, 1.82) is 0 Å². The maximum Gasteiger partial charge on any atom is 0.192 e. The van der Waals surface area contributed by atoms with Crippen molar-refractivity contribution in [3.05, 3.63) is 29.7 Å². The first-order chi connectivity index (χ1) is 11.6. The van der Waals surface area contributed by atoms with Crippen LogP contribution in [0.5, 0.6) is 0 Å². The summed E-state index contributed by atoms with van der Waals surface area (Å²) in [4.78, 5) is 12.2. The Kier molecular flexibility index (Phi) is 4.74. The normalized spacial score (nSPS) is 21.8. The fraction of sp³-hybridized carbons (Fsp3) is 0.562. The van der Waals surface area contributed by atoms with Gasteiger partial charge in [-0.2, -0.15) is 0 Å². The van der Waals surface area contributed by atoms with Crippen molar-refractivity contribution in [3.8, 4) is 0 Å². The first-order valence-electron chi connectivity index (χ1n) is 8.10. The Morgan fingerprint density at radius 2 is 2.04 bits per heavy atom. The number of ether oxygens (including phenoxy) is 1. The Hall–Kier alpha value is -1.35. The molecule has 0 aliphatic carbocycles. The van der Waals surface area contributed by atoms with E-state index < -0.39 is 26.5 Å². The summed E-state index contributed by atoms with van der Waals surface area (Å²) in [6, 6.07) is 0. The van der Waals surface area contributed by atoms with Crippen LogP contribution in [-0.2, 0) is 9.16 Å². The number of rotatable bonds is 4. The van der Waals surface area contributed by atoms with Crippen LogP contribution in [0.25, 0.3) is 11.2 Å². The molecular weight excluding hydrogens is 363 g/mol. The molecule has 9 heteroatoms. The molecule has 1 aliphatic rings. The smallest absolute Gasteiger partial charge is 0.192 e. The highest BCUT2D eigenvalue weighted by atomic mass is 35.5. The molecule has 0 N–H and O–H groups in total. The van der Waals surface area contributed by atoms with Crippen molar-refractivity contribution >= 4 is 31.1 Å². The van der Waals surface area contributed by atoms with Crippen LogP contribution in [0.1, 0.15) is 27.0 Å². The zero-order valence-corrected chi connectivity index (χ0v) is 16.7. The SMILES string of the molecule is CC(C)(C)[Si](C)(C)OC[C@@H]1C=C(F)[C@@H](n2cnc3c(Cl)ncnc32)O1. The highest BCUT2D eigenvalue weighted by molar-refractivity contribution is 6.74. The molecule has 0 spiro atoms. The first kappa shape index (κ1) is 18.4. The molecule has 0 aromatic carbocycles. The van der Waals surface area contributed by atoms with Gasteiger partial charge in [0.2, 0.25) is 0 Å². The van der Waals surface area contributed by atoms with Crippen molar-refractivity contribution in [2.75, 3.05) is 6.61 Å². The second-order valence-corrected chi connectivity index (χ2v) is 12.8. The minimum atomic E-state index is -1.92. The van der Waals surface area contributed by atoms with Gasteiger partial charge in [0, 0.05) is 0 Å². The predicted octanol–water partition coefficient (Wildman–Crippen LogP) is 4.25. The lowest BCUT2D eigenvalue weighted by Gasteiger charge is -2.36. The van der Waals surface area contributed by atoms with Gasteiger partial charge in [-0.05, 0) is 24.2 Å². The third kappa shape index (κ3) is 3.48. The van der Waals surface area contributed by atoms with Gasteiger partial charge in [0.1, 0.15) is 23.8 Å². The third-order valence-electron chi connectivity index (χ3n) is 4.87. The minimum absolute atomic E-state index is 0.0848. The third-order valence-corrected chi connectivity index (χ3v) is 9.64. The van der Waals surface area contributed by atoms with E-state index in [0.29, 0.717) is 17.8 Å². The van der Waals surface area contributed by atoms with Gasteiger partial charge in [-0.15, -0.1) is 0 Å². The average molecular weight is 385 g/mol. The summed E-state index contributed by atoms with van der Waals surface area (Å²) in [5, 5.41) is 0.311. The molecule has 6 nitrogen and oxygen atoms in total. The largest absolute Gasteiger partial charge is 0.414 e. The Bertz CT molecular complexity index is 818. The van der Waals surface area contributed by atoms with E-state index in [1.807, 2.05) is 0 Å². The average Bonchev–Trinajstić information content (AvgIpc) is 3.08. The zero-order valence-electron chi connectivity index (χ0n) is 15.0. The lowest BCUT2D eigenvalue weighted by Crippen LogP contribution is -2.42. The number of hydrogen-bond donors (Lipinski definition) is 0. The van der Waals surface area contributed by atoms with Crippen LogP contribution in [0, 0.1) is 0 Å². The molecule has 0 fully saturated rings. The molecule has 2 aromatic heterocycles. The van der Waals surface area contributed by atoms with Crippen molar-refractivity contribution in [3.63, 3.8) is 0 Å². The summed E-state index contributed by atoms with van der Waals surface area (Å²) in [5.74, 6) is -0.391. The number of halogens is 2. The molecule has 3 heterocycles. The van der Waals surface area contributed by atoms with Gasteiger partial charge in [0.15, 0.2) is 25.3 Å². The molecule has 2 aromatic rings. The van der Waals surface area contributed by atoms with Crippen LogP contribution >= 0.6 is 11.6 Å². The molecule has 2 atom stereocenters. The van der Waals surface area contributed by atoms with Gasteiger partial charge in [-0.3, -0.25) is 4.57 Å². The molecule has 136 valence electrons. The van der Waals surface area contributed by atoms with Crippen molar-refractivity contribution < 1.29 is 13.6 Å². The van der Waals surface area contributed by atoms with E-state index in [4.69, 9.17) is 20.8 Å². The van der Waals surface area contributed by atoms with Crippen molar-refractivity contribution in [1.82, 2.24) is 19.5 Å². The topological polar surface area (TPSA) is 62.1 Å². The summed E-state index contributed by atoms with van der Waals surface area (Å²) in [5.41, 5.74) is 0.848. The number of aromatic nitrogens is 4. The molecule has 3 rings (SSSR count). The quantitative estimate of drug-likeness (QED) is 0.582. The predicted molar refractivity (Wildman–Crippen MR) is 96.6 cm³/mol. The summed E-state index contributed by atoms with van der Waals surface area (Å²) in [6.45, 7) is 11.1. The molecule has 0 amide bonds. The summed E-state index contributed by atoms with van der Waals surface area (Å²) in [7, 11) is -1.92. The molecule has 0 saturated carbocycles. The summed E-state index contributed by atoms with van der Waals surface area (Å²) in [6.07, 6.45) is 2.86. The Morgan fingerprint density at radius 3 is 2.72 bits per heavy atom. The molecule has 0 radical (unpaired) electrons. The molecular formula is C16H22ClFN4O2Si. The fourth-order valence-corrected chi connectivity index (χ4v) is 3.51. The lowest BCUT2D eigenvalue weighted by atomic mass is 10.2. The minimum Gasteiger partial charge on any atom is -0.414 e. The van der Waals surface area contributed by atoms with E-state index >= 15 is 0 Å². The van der Waals surface area contributed by atoms with Crippen LogP contribution in [-0.4, -0.2) is 40.5 Å². The van der Waals surface area contributed by atoms with E-state index in [9.17, 15) is 4.39 Å². The van der Waals surface area contributed by atoms with Crippen LogP contribution in [0.4, 0.5) is 4.39 Å². The van der Waals surface area contributed by atoms with Gasteiger partial charge in [-0.1, -0.05) is 32.4 Å². The van der Waals surface area contributed by atoms with E-state index in [-0.39, 0.29) is 10.2 Å². The summed E-state index contributed by atoms with van der Waals surface area (Å²) >= 11 is 5.99. The zero-order chi connectivity index (χ0) is 18.4.